The van der Waals surface area contributed by atoms with Gasteiger partial charge < -0.3 is 4.90 Å². The van der Waals surface area contributed by atoms with Gasteiger partial charge >= 0.3 is 0 Å². The highest BCUT2D eigenvalue weighted by Crippen LogP contribution is 2.31. The minimum absolute atomic E-state index is 0.0209. The molecule has 0 saturated carbocycles. The summed E-state index contributed by atoms with van der Waals surface area (Å²) >= 11 is 0. The van der Waals surface area contributed by atoms with E-state index in [0.29, 0.717) is 0 Å². The van der Waals surface area contributed by atoms with Gasteiger partial charge in [0, 0.05) is 19.8 Å². The molecule has 1 aromatic heterocycles. The average Bonchev–Trinajstić information content (AvgIpc) is 2.19. The number of hydrogen-bond donors (Lipinski definition) is 0. The predicted octanol–water partition coefficient (Wildman–Crippen LogP) is 1.53. The lowest BCUT2D eigenvalue weighted by atomic mass is 9.96. The van der Waals surface area contributed by atoms with Crippen LogP contribution < -0.4 is 4.90 Å². The molecule has 1 aliphatic heterocycles. The van der Waals surface area contributed by atoms with Gasteiger partial charge in [-0.1, -0.05) is 0 Å². The fourth-order valence-electron chi connectivity index (χ4n) is 1.71. The monoisotopic (exact) mass is 173 g/mol. The highest BCUT2D eigenvalue weighted by atomic mass is 15.1. The summed E-state index contributed by atoms with van der Waals surface area (Å²) in [4.78, 5) is 6.41. The van der Waals surface area contributed by atoms with Crippen LogP contribution in [-0.2, 0) is 0 Å². The van der Waals surface area contributed by atoms with Crippen LogP contribution in [0.1, 0.15) is 18.0 Å². The third-order valence-electron chi connectivity index (χ3n) is 2.47. The first-order valence-corrected chi connectivity index (χ1v) is 4.38. The van der Waals surface area contributed by atoms with E-state index in [1.165, 1.54) is 0 Å². The molecule has 1 aliphatic rings. The van der Waals surface area contributed by atoms with Gasteiger partial charge in [-0.15, -0.1) is 0 Å². The third kappa shape index (κ3) is 1.25. The van der Waals surface area contributed by atoms with Crippen LogP contribution in [0, 0.1) is 11.3 Å². The summed E-state index contributed by atoms with van der Waals surface area (Å²) in [6.07, 6.45) is 2.64. The summed E-state index contributed by atoms with van der Waals surface area (Å²) in [5.74, 6) is -0.0209. The molecule has 0 radical (unpaired) electrons. The number of anilines is 1. The molecule has 0 aliphatic carbocycles. The highest BCUT2D eigenvalue weighted by molar-refractivity contribution is 5.54. The van der Waals surface area contributed by atoms with Crippen molar-refractivity contribution >= 4 is 5.69 Å². The highest BCUT2D eigenvalue weighted by Gasteiger charge is 2.23. The predicted molar refractivity (Wildman–Crippen MR) is 50.5 cm³/mol. The normalized spacial score (nSPS) is 20.6. The molecular formula is C10H11N3. The van der Waals surface area contributed by atoms with Crippen molar-refractivity contribution in [2.75, 3.05) is 18.5 Å². The quantitative estimate of drug-likeness (QED) is 0.597. The second-order valence-electron chi connectivity index (χ2n) is 3.30. The molecule has 0 bridgehead atoms. The van der Waals surface area contributed by atoms with Crippen LogP contribution >= 0.6 is 0 Å². The van der Waals surface area contributed by atoms with E-state index in [0.717, 1.165) is 24.3 Å². The molecular weight excluding hydrogens is 162 g/mol. The van der Waals surface area contributed by atoms with Crippen LogP contribution in [0.15, 0.2) is 18.3 Å². The first-order valence-electron chi connectivity index (χ1n) is 4.38. The maximum Gasteiger partial charge on any atom is 0.0922 e. The Morgan fingerprint density at radius 1 is 1.69 bits per heavy atom. The third-order valence-corrected chi connectivity index (χ3v) is 2.47. The van der Waals surface area contributed by atoms with Gasteiger partial charge in [-0.05, 0) is 18.6 Å². The maximum absolute atomic E-state index is 8.92. The zero-order valence-corrected chi connectivity index (χ0v) is 7.57. The summed E-state index contributed by atoms with van der Waals surface area (Å²) in [5.41, 5.74) is 2.03. The maximum atomic E-state index is 8.92. The minimum atomic E-state index is -0.0209. The molecule has 1 aromatic rings. The molecule has 2 heterocycles. The van der Waals surface area contributed by atoms with Gasteiger partial charge in [-0.25, -0.2) is 0 Å². The fourth-order valence-corrected chi connectivity index (χ4v) is 1.71. The van der Waals surface area contributed by atoms with Crippen LogP contribution in [0.4, 0.5) is 5.69 Å². The van der Waals surface area contributed by atoms with Gasteiger partial charge in [0.15, 0.2) is 0 Å². The fraction of sp³-hybridized carbons (Fsp3) is 0.400. The molecule has 3 nitrogen and oxygen atoms in total. The Labute approximate surface area is 77.6 Å². The van der Waals surface area contributed by atoms with Crippen LogP contribution in [0.2, 0.25) is 0 Å². The molecule has 0 amide bonds. The van der Waals surface area contributed by atoms with E-state index in [9.17, 15) is 0 Å². The Bertz CT molecular complexity index is 353. The first kappa shape index (κ1) is 8.06. The van der Waals surface area contributed by atoms with Gasteiger partial charge in [0.25, 0.3) is 0 Å². The number of nitrogens with zero attached hydrogens (tertiary/aromatic N) is 3. The molecule has 66 valence electrons. The lowest BCUT2D eigenvalue weighted by Gasteiger charge is -2.28. The second kappa shape index (κ2) is 3.06. The minimum Gasteiger partial charge on any atom is -0.373 e. The average molecular weight is 173 g/mol. The molecule has 3 heteroatoms. The van der Waals surface area contributed by atoms with E-state index in [2.05, 4.69) is 16.0 Å². The van der Waals surface area contributed by atoms with Gasteiger partial charge in [0.1, 0.15) is 0 Å². The molecule has 1 unspecified atom stereocenters. The Balaban J connectivity index is 2.49. The van der Waals surface area contributed by atoms with E-state index < -0.39 is 0 Å². The smallest absolute Gasteiger partial charge is 0.0922 e. The SMILES string of the molecule is CN1CCC(C#N)c2ncccc21. The van der Waals surface area contributed by atoms with Crippen molar-refractivity contribution in [2.24, 2.45) is 0 Å². The summed E-state index contributed by atoms with van der Waals surface area (Å²) in [5, 5.41) is 8.92. The van der Waals surface area contributed by atoms with E-state index in [1.54, 1.807) is 6.20 Å². The molecule has 0 fully saturated rings. The zero-order valence-electron chi connectivity index (χ0n) is 7.57. The first-order chi connectivity index (χ1) is 6.33. The number of hydrogen-bond acceptors (Lipinski definition) is 3. The van der Waals surface area contributed by atoms with Crippen molar-refractivity contribution in [2.45, 2.75) is 12.3 Å². The molecule has 0 saturated heterocycles. The number of rotatable bonds is 0. The Morgan fingerprint density at radius 2 is 2.54 bits per heavy atom. The van der Waals surface area contributed by atoms with Crippen molar-refractivity contribution < 1.29 is 0 Å². The van der Waals surface area contributed by atoms with Crippen LogP contribution in [-0.4, -0.2) is 18.6 Å². The van der Waals surface area contributed by atoms with Crippen LogP contribution in [0.5, 0.6) is 0 Å². The largest absolute Gasteiger partial charge is 0.373 e. The Kier molecular flexibility index (Phi) is 1.90. The summed E-state index contributed by atoms with van der Waals surface area (Å²) in [6, 6.07) is 6.22. The summed E-state index contributed by atoms with van der Waals surface area (Å²) in [7, 11) is 2.04. The lowest BCUT2D eigenvalue weighted by Crippen LogP contribution is -2.27. The van der Waals surface area contributed by atoms with E-state index in [1.807, 2.05) is 19.2 Å². The van der Waals surface area contributed by atoms with Crippen molar-refractivity contribution in [3.8, 4) is 6.07 Å². The number of aromatic nitrogens is 1. The van der Waals surface area contributed by atoms with Gasteiger partial charge in [0.2, 0.25) is 0 Å². The molecule has 0 spiro atoms. The van der Waals surface area contributed by atoms with Crippen LogP contribution in [0.25, 0.3) is 0 Å². The van der Waals surface area contributed by atoms with Crippen molar-refractivity contribution in [1.82, 2.24) is 4.98 Å². The lowest BCUT2D eigenvalue weighted by molar-refractivity contribution is 0.670. The number of fused-ring (bicyclic) bond motifs is 1. The van der Waals surface area contributed by atoms with E-state index in [4.69, 9.17) is 5.26 Å². The Hall–Kier alpha value is -1.56. The second-order valence-corrected chi connectivity index (χ2v) is 3.30. The molecule has 13 heavy (non-hydrogen) atoms. The zero-order chi connectivity index (χ0) is 9.26. The van der Waals surface area contributed by atoms with E-state index in [-0.39, 0.29) is 5.92 Å². The van der Waals surface area contributed by atoms with Crippen molar-refractivity contribution in [3.05, 3.63) is 24.0 Å². The standard InChI is InChI=1S/C10H11N3/c1-13-6-4-8(7-11)10-9(13)3-2-5-12-10/h2-3,5,8H,4,6H2,1H3. The van der Waals surface area contributed by atoms with Crippen molar-refractivity contribution in [1.29, 1.82) is 5.26 Å². The summed E-state index contributed by atoms with van der Waals surface area (Å²) in [6.45, 7) is 0.941. The van der Waals surface area contributed by atoms with E-state index >= 15 is 0 Å². The molecule has 0 aromatic carbocycles. The van der Waals surface area contributed by atoms with Crippen LogP contribution in [0.3, 0.4) is 0 Å². The molecule has 1 atom stereocenters. The topological polar surface area (TPSA) is 39.9 Å². The Morgan fingerprint density at radius 3 is 3.31 bits per heavy atom. The molecule has 0 N–H and O–H groups in total. The number of pyridine rings is 1. The number of nitriles is 1. The molecule has 2 rings (SSSR count). The van der Waals surface area contributed by atoms with Gasteiger partial charge in [-0.2, -0.15) is 5.26 Å². The van der Waals surface area contributed by atoms with Crippen molar-refractivity contribution in [3.63, 3.8) is 0 Å². The van der Waals surface area contributed by atoms with Gasteiger partial charge in [-0.3, -0.25) is 4.98 Å². The van der Waals surface area contributed by atoms with Gasteiger partial charge in [0.05, 0.1) is 23.4 Å². The summed E-state index contributed by atoms with van der Waals surface area (Å²) < 4.78 is 0.